The van der Waals surface area contributed by atoms with Gasteiger partial charge in [-0.05, 0) is 32.3 Å². The van der Waals surface area contributed by atoms with E-state index in [1.165, 1.54) is 0 Å². The van der Waals surface area contributed by atoms with Crippen LogP contribution in [0.3, 0.4) is 0 Å². The van der Waals surface area contributed by atoms with Crippen LogP contribution in [0.4, 0.5) is 0 Å². The molecule has 1 aromatic heterocycles. The summed E-state index contributed by atoms with van der Waals surface area (Å²) in [6, 6.07) is 1.54. The number of nitrogens with zero attached hydrogens (tertiary/aromatic N) is 2. The third-order valence-electron chi connectivity index (χ3n) is 3.46. The van der Waals surface area contributed by atoms with Gasteiger partial charge in [-0.3, -0.25) is 14.7 Å². The zero-order chi connectivity index (χ0) is 14.5. The number of rotatable bonds is 5. The maximum absolute atomic E-state index is 12.2. The lowest BCUT2D eigenvalue weighted by molar-refractivity contribution is -0.140. The predicted octanol–water partition coefficient (Wildman–Crippen LogP) is 0.599. The zero-order valence-electron chi connectivity index (χ0n) is 11.6. The van der Waals surface area contributed by atoms with Crippen LogP contribution in [0.25, 0.3) is 0 Å². The number of ether oxygens (including phenoxy) is 1. The molecule has 7 heteroatoms. The van der Waals surface area contributed by atoms with Crippen molar-refractivity contribution >= 4 is 11.8 Å². The second kappa shape index (κ2) is 6.51. The smallest absolute Gasteiger partial charge is 0.269 e. The van der Waals surface area contributed by atoms with E-state index in [9.17, 15) is 9.59 Å². The fourth-order valence-corrected chi connectivity index (χ4v) is 2.46. The molecule has 2 rings (SSSR count). The number of carbonyl (C=O) groups is 2. The van der Waals surface area contributed by atoms with Crippen LogP contribution in [0, 0.1) is 0 Å². The Hall–Kier alpha value is -1.89. The minimum Gasteiger partial charge on any atom is -0.372 e. The normalized spacial score (nSPS) is 19.1. The molecule has 1 saturated heterocycles. The van der Waals surface area contributed by atoms with Crippen LogP contribution in [0.5, 0.6) is 0 Å². The van der Waals surface area contributed by atoms with Crippen molar-refractivity contribution in [1.82, 2.24) is 15.1 Å². The van der Waals surface area contributed by atoms with Crippen molar-refractivity contribution in [3.8, 4) is 0 Å². The van der Waals surface area contributed by atoms with Crippen LogP contribution >= 0.6 is 0 Å². The predicted molar refractivity (Wildman–Crippen MR) is 71.9 cm³/mol. The highest BCUT2D eigenvalue weighted by molar-refractivity contribution is 5.90. The highest BCUT2D eigenvalue weighted by Crippen LogP contribution is 2.30. The van der Waals surface area contributed by atoms with Crippen molar-refractivity contribution in [3.63, 3.8) is 0 Å². The summed E-state index contributed by atoms with van der Waals surface area (Å²) in [4.78, 5) is 25.0. The molecule has 0 radical (unpaired) electrons. The van der Waals surface area contributed by atoms with Crippen molar-refractivity contribution in [2.75, 3.05) is 19.8 Å². The molecule has 2 amide bonds. The molecule has 110 valence electrons. The number of hydrogen-bond acceptors (Lipinski definition) is 4. The number of aromatic amines is 1. The van der Waals surface area contributed by atoms with E-state index < -0.39 is 5.91 Å². The first kappa shape index (κ1) is 14.5. The quantitative estimate of drug-likeness (QED) is 0.824. The molecule has 7 nitrogen and oxygen atoms in total. The molecular formula is C13H20N4O3. The number of nitrogens with two attached hydrogens (primary N) is 1. The molecule has 1 aliphatic rings. The number of carbonyl (C=O) groups excluding carboxylic acids is 2. The molecule has 1 unspecified atom stereocenters. The number of hydrogen-bond donors (Lipinski definition) is 2. The monoisotopic (exact) mass is 280 g/mol. The van der Waals surface area contributed by atoms with Crippen molar-refractivity contribution < 1.29 is 14.3 Å². The fourth-order valence-electron chi connectivity index (χ4n) is 2.46. The Morgan fingerprint density at radius 2 is 2.35 bits per heavy atom. The number of likely N-dealkylation sites (tertiary alicyclic amines) is 1. The van der Waals surface area contributed by atoms with Gasteiger partial charge in [0.2, 0.25) is 5.91 Å². The molecule has 1 aromatic rings. The van der Waals surface area contributed by atoms with E-state index in [2.05, 4.69) is 10.2 Å². The van der Waals surface area contributed by atoms with Gasteiger partial charge in [-0.15, -0.1) is 0 Å². The van der Waals surface area contributed by atoms with Gasteiger partial charge >= 0.3 is 0 Å². The maximum Gasteiger partial charge on any atom is 0.269 e. The van der Waals surface area contributed by atoms with Crippen LogP contribution < -0.4 is 5.73 Å². The molecule has 3 N–H and O–H groups in total. The first-order valence-corrected chi connectivity index (χ1v) is 6.85. The Morgan fingerprint density at radius 3 is 3.00 bits per heavy atom. The minimum atomic E-state index is -0.574. The molecule has 0 aliphatic carbocycles. The number of amides is 2. The molecule has 2 heterocycles. The SMILES string of the molecule is CCOCC(=O)N1CCCCC1c1cc(C(N)=O)n[nH]1. The van der Waals surface area contributed by atoms with Gasteiger partial charge in [0.25, 0.3) is 5.91 Å². The standard InChI is InChI=1S/C13H20N4O3/c1-2-20-8-12(18)17-6-4-3-5-11(17)9-7-10(13(14)19)16-15-9/h7,11H,2-6,8H2,1H3,(H2,14,19)(H,15,16). The largest absolute Gasteiger partial charge is 0.372 e. The van der Waals surface area contributed by atoms with Crippen LogP contribution in [0.2, 0.25) is 0 Å². The van der Waals surface area contributed by atoms with Crippen LogP contribution in [0.1, 0.15) is 48.4 Å². The molecule has 0 spiro atoms. The molecule has 0 bridgehead atoms. The van der Waals surface area contributed by atoms with Crippen molar-refractivity contribution in [1.29, 1.82) is 0 Å². The lowest BCUT2D eigenvalue weighted by atomic mass is 9.99. The van der Waals surface area contributed by atoms with Gasteiger partial charge in [0, 0.05) is 13.2 Å². The van der Waals surface area contributed by atoms with Gasteiger partial charge in [0.15, 0.2) is 0 Å². The van der Waals surface area contributed by atoms with E-state index in [1.54, 1.807) is 11.0 Å². The molecule has 1 atom stereocenters. The van der Waals surface area contributed by atoms with Gasteiger partial charge in [-0.2, -0.15) is 5.10 Å². The summed E-state index contributed by atoms with van der Waals surface area (Å²) in [5.74, 6) is -0.609. The van der Waals surface area contributed by atoms with Crippen molar-refractivity contribution in [2.45, 2.75) is 32.2 Å². The summed E-state index contributed by atoms with van der Waals surface area (Å²) < 4.78 is 5.19. The Kier molecular flexibility index (Phi) is 4.73. The summed E-state index contributed by atoms with van der Waals surface area (Å²) in [5, 5.41) is 6.69. The molecule has 1 fully saturated rings. The lowest BCUT2D eigenvalue weighted by Gasteiger charge is -2.35. The fraction of sp³-hybridized carbons (Fsp3) is 0.615. The van der Waals surface area contributed by atoms with E-state index in [-0.39, 0.29) is 24.2 Å². The number of piperidine rings is 1. The third kappa shape index (κ3) is 3.16. The minimum absolute atomic E-state index is 0.0354. The number of nitrogens with one attached hydrogen (secondary N) is 1. The van der Waals surface area contributed by atoms with Gasteiger partial charge in [-0.1, -0.05) is 0 Å². The summed E-state index contributed by atoms with van der Waals surface area (Å²) >= 11 is 0. The van der Waals surface area contributed by atoms with E-state index in [4.69, 9.17) is 10.5 Å². The number of H-pyrrole nitrogens is 1. The van der Waals surface area contributed by atoms with Gasteiger partial charge < -0.3 is 15.4 Å². The molecule has 1 aliphatic heterocycles. The zero-order valence-corrected chi connectivity index (χ0v) is 11.6. The Bertz CT molecular complexity index is 486. The second-order valence-electron chi connectivity index (χ2n) is 4.81. The van der Waals surface area contributed by atoms with Crippen molar-refractivity contribution in [2.24, 2.45) is 5.73 Å². The van der Waals surface area contributed by atoms with E-state index in [1.807, 2.05) is 6.92 Å². The summed E-state index contributed by atoms with van der Waals surface area (Å²) in [6.07, 6.45) is 2.86. The molecular weight excluding hydrogens is 260 g/mol. The number of aromatic nitrogens is 2. The highest BCUT2D eigenvalue weighted by atomic mass is 16.5. The average Bonchev–Trinajstić information content (AvgIpc) is 2.94. The van der Waals surface area contributed by atoms with Gasteiger partial charge in [0.05, 0.1) is 11.7 Å². The highest BCUT2D eigenvalue weighted by Gasteiger charge is 2.29. The summed E-state index contributed by atoms with van der Waals surface area (Å²) in [6.45, 7) is 3.15. The first-order valence-electron chi connectivity index (χ1n) is 6.85. The lowest BCUT2D eigenvalue weighted by Crippen LogP contribution is -2.40. The molecule has 0 aromatic carbocycles. The molecule has 20 heavy (non-hydrogen) atoms. The van der Waals surface area contributed by atoms with E-state index in [0.29, 0.717) is 13.2 Å². The molecule has 0 saturated carbocycles. The van der Waals surface area contributed by atoms with Crippen LogP contribution in [-0.4, -0.2) is 46.7 Å². The second-order valence-corrected chi connectivity index (χ2v) is 4.81. The Morgan fingerprint density at radius 1 is 1.55 bits per heavy atom. The van der Waals surface area contributed by atoms with E-state index in [0.717, 1.165) is 25.0 Å². The first-order chi connectivity index (χ1) is 9.63. The number of primary amides is 1. The van der Waals surface area contributed by atoms with Crippen LogP contribution in [0.15, 0.2) is 6.07 Å². The summed E-state index contributed by atoms with van der Waals surface area (Å²) in [7, 11) is 0. The van der Waals surface area contributed by atoms with E-state index >= 15 is 0 Å². The maximum atomic E-state index is 12.2. The Labute approximate surface area is 117 Å². The third-order valence-corrected chi connectivity index (χ3v) is 3.46. The van der Waals surface area contributed by atoms with Gasteiger partial charge in [-0.25, -0.2) is 0 Å². The van der Waals surface area contributed by atoms with Gasteiger partial charge in [0.1, 0.15) is 12.3 Å². The Balaban J connectivity index is 2.13. The van der Waals surface area contributed by atoms with Crippen molar-refractivity contribution in [3.05, 3.63) is 17.5 Å². The summed E-state index contributed by atoms with van der Waals surface area (Å²) in [5.41, 5.74) is 6.14. The average molecular weight is 280 g/mol. The topological polar surface area (TPSA) is 101 Å². The van der Waals surface area contributed by atoms with Crippen LogP contribution in [-0.2, 0) is 9.53 Å².